The number of hydrogen-bond acceptors (Lipinski definition) is 3. The lowest BCUT2D eigenvalue weighted by Crippen LogP contribution is -2.04. The van der Waals surface area contributed by atoms with Crippen LogP contribution in [0.15, 0.2) is 152 Å². The van der Waals surface area contributed by atoms with E-state index in [9.17, 15) is 0 Å². The first-order valence-corrected chi connectivity index (χ1v) is 16.3. The molecule has 46 heavy (non-hydrogen) atoms. The van der Waals surface area contributed by atoms with Crippen LogP contribution >= 0.6 is 11.3 Å². The Morgan fingerprint density at radius 3 is 2.13 bits per heavy atom. The van der Waals surface area contributed by atoms with Crippen LogP contribution in [0, 0.1) is 0 Å². The van der Waals surface area contributed by atoms with Crippen molar-refractivity contribution in [3.8, 4) is 28.3 Å². The summed E-state index contributed by atoms with van der Waals surface area (Å²) in [7, 11) is 0. The third-order valence-electron chi connectivity index (χ3n) is 9.20. The van der Waals surface area contributed by atoms with Gasteiger partial charge in [0.2, 0.25) is 5.95 Å². The Labute approximate surface area is 268 Å². The van der Waals surface area contributed by atoms with Crippen molar-refractivity contribution in [1.82, 2.24) is 14.5 Å². The van der Waals surface area contributed by atoms with E-state index in [0.29, 0.717) is 5.95 Å². The average Bonchev–Trinajstić information content (AvgIpc) is 3.67. The third-order valence-corrected chi connectivity index (χ3v) is 10.4. The van der Waals surface area contributed by atoms with Gasteiger partial charge in [0, 0.05) is 47.5 Å². The highest BCUT2D eigenvalue weighted by Crippen LogP contribution is 2.43. The fourth-order valence-corrected chi connectivity index (χ4v) is 8.24. The predicted octanol–water partition coefficient (Wildman–Crippen LogP) is 11.6. The van der Waals surface area contributed by atoms with E-state index >= 15 is 0 Å². The molecule has 0 atom stereocenters. The number of thiophene rings is 1. The highest BCUT2D eigenvalue weighted by Gasteiger charge is 2.21. The van der Waals surface area contributed by atoms with Gasteiger partial charge in [0.05, 0.1) is 22.2 Å². The molecule has 0 aliphatic rings. The summed E-state index contributed by atoms with van der Waals surface area (Å²) in [6, 6.07) is 54.2. The van der Waals surface area contributed by atoms with Crippen molar-refractivity contribution in [2.24, 2.45) is 0 Å². The molecule has 0 aliphatic heterocycles. The highest BCUT2D eigenvalue weighted by atomic mass is 32.1. The fourth-order valence-electron chi connectivity index (χ4n) is 7.15. The maximum atomic E-state index is 5.36. The first-order valence-electron chi connectivity index (χ1n) is 15.5. The van der Waals surface area contributed by atoms with Crippen LogP contribution in [-0.2, 0) is 0 Å². The third kappa shape index (κ3) is 3.71. The van der Waals surface area contributed by atoms with E-state index in [-0.39, 0.29) is 0 Å². The molecule has 0 spiro atoms. The lowest BCUT2D eigenvalue weighted by Gasteiger charge is -2.13. The number of benzene rings is 7. The van der Waals surface area contributed by atoms with Crippen molar-refractivity contribution in [2.75, 3.05) is 0 Å². The smallest absolute Gasteiger partial charge is 0.235 e. The fraction of sp³-hybridized carbons (Fsp3) is 0. The number of nitrogens with zero attached hydrogens (tertiary/aromatic N) is 3. The van der Waals surface area contributed by atoms with Gasteiger partial charge in [-0.05, 0) is 46.7 Å². The Kier molecular flexibility index (Phi) is 5.45. The molecule has 0 fully saturated rings. The molecule has 4 heteroatoms. The van der Waals surface area contributed by atoms with Gasteiger partial charge in [-0.1, -0.05) is 121 Å². The maximum Gasteiger partial charge on any atom is 0.235 e. The molecule has 0 N–H and O–H groups in total. The molecule has 7 aromatic carbocycles. The second-order valence-corrected chi connectivity index (χ2v) is 12.9. The Morgan fingerprint density at radius 1 is 0.478 bits per heavy atom. The van der Waals surface area contributed by atoms with Crippen LogP contribution in [0.2, 0.25) is 0 Å². The van der Waals surface area contributed by atoms with E-state index in [4.69, 9.17) is 9.97 Å². The molecule has 0 amide bonds. The molecule has 0 bridgehead atoms. The zero-order chi connectivity index (χ0) is 30.2. The van der Waals surface area contributed by atoms with E-state index in [2.05, 4.69) is 150 Å². The molecule has 0 radical (unpaired) electrons. The SMILES string of the molecule is c1ccc(-c2nc(-n3c4ccc5ccccc5c4c4cccc(-c5ccc6sc7ccccc7c6c5)c43)nc3ccccc23)cc1. The summed E-state index contributed by atoms with van der Waals surface area (Å²) in [6.07, 6.45) is 0. The van der Waals surface area contributed by atoms with E-state index in [1.807, 2.05) is 17.4 Å². The van der Waals surface area contributed by atoms with Gasteiger partial charge in [0.15, 0.2) is 0 Å². The number of hydrogen-bond donors (Lipinski definition) is 0. The van der Waals surface area contributed by atoms with Gasteiger partial charge < -0.3 is 0 Å². The van der Waals surface area contributed by atoms with Crippen molar-refractivity contribution in [3.63, 3.8) is 0 Å². The summed E-state index contributed by atoms with van der Waals surface area (Å²) in [4.78, 5) is 10.6. The Morgan fingerprint density at radius 2 is 1.22 bits per heavy atom. The quantitative estimate of drug-likeness (QED) is 0.201. The molecule has 10 aromatic rings. The minimum atomic E-state index is 0.669. The molecule has 10 rings (SSSR count). The van der Waals surface area contributed by atoms with Gasteiger partial charge in [0.1, 0.15) is 0 Å². The molecule has 214 valence electrons. The van der Waals surface area contributed by atoms with Crippen LogP contribution in [0.5, 0.6) is 0 Å². The number of rotatable bonds is 3. The second kappa shape index (κ2) is 9.83. The summed E-state index contributed by atoms with van der Waals surface area (Å²) in [5, 5.41) is 8.48. The molecule has 0 aliphatic carbocycles. The number of fused-ring (bicyclic) bond motifs is 9. The Hall–Kier alpha value is -5.84. The highest BCUT2D eigenvalue weighted by molar-refractivity contribution is 7.25. The van der Waals surface area contributed by atoms with E-state index in [0.717, 1.165) is 38.8 Å². The van der Waals surface area contributed by atoms with E-state index in [1.54, 1.807) is 0 Å². The van der Waals surface area contributed by atoms with Gasteiger partial charge >= 0.3 is 0 Å². The zero-order valence-electron chi connectivity index (χ0n) is 24.7. The van der Waals surface area contributed by atoms with Crippen molar-refractivity contribution < 1.29 is 0 Å². The topological polar surface area (TPSA) is 30.7 Å². The summed E-state index contributed by atoms with van der Waals surface area (Å²) < 4.78 is 4.90. The molecule has 0 saturated carbocycles. The van der Waals surface area contributed by atoms with Crippen LogP contribution in [-0.4, -0.2) is 14.5 Å². The second-order valence-electron chi connectivity index (χ2n) is 11.8. The van der Waals surface area contributed by atoms with Crippen molar-refractivity contribution in [3.05, 3.63) is 152 Å². The first-order chi connectivity index (χ1) is 22.8. The lowest BCUT2D eigenvalue weighted by molar-refractivity contribution is 1.01. The summed E-state index contributed by atoms with van der Waals surface area (Å²) in [5.41, 5.74) is 7.47. The van der Waals surface area contributed by atoms with Crippen molar-refractivity contribution in [2.45, 2.75) is 0 Å². The lowest BCUT2D eigenvalue weighted by atomic mass is 9.98. The standard InChI is InChI=1S/C42H25N3S/c1-2-12-27(13-3-1)40-32-16-6-8-19-35(32)43-42(44-40)45-36-23-21-26-11-4-5-14-29(26)39(36)33-18-10-17-30(41(33)45)28-22-24-38-34(25-28)31-15-7-9-20-37(31)46-38/h1-25H. The van der Waals surface area contributed by atoms with Crippen LogP contribution in [0.4, 0.5) is 0 Å². The minimum absolute atomic E-state index is 0.669. The van der Waals surface area contributed by atoms with E-state index < -0.39 is 0 Å². The Balaban J connectivity index is 1.36. The van der Waals surface area contributed by atoms with Crippen LogP contribution in [0.3, 0.4) is 0 Å². The summed E-state index contributed by atoms with van der Waals surface area (Å²) in [6.45, 7) is 0. The molecule has 3 heterocycles. The van der Waals surface area contributed by atoms with Gasteiger partial charge in [-0.2, -0.15) is 0 Å². The van der Waals surface area contributed by atoms with Gasteiger partial charge in [0.25, 0.3) is 0 Å². The van der Waals surface area contributed by atoms with Gasteiger partial charge in [-0.15, -0.1) is 11.3 Å². The summed E-state index contributed by atoms with van der Waals surface area (Å²) in [5.74, 6) is 0.669. The zero-order valence-corrected chi connectivity index (χ0v) is 25.5. The normalized spacial score (nSPS) is 11.9. The van der Waals surface area contributed by atoms with Crippen LogP contribution in [0.1, 0.15) is 0 Å². The van der Waals surface area contributed by atoms with Crippen LogP contribution in [0.25, 0.3) is 92.0 Å². The summed E-state index contributed by atoms with van der Waals surface area (Å²) >= 11 is 1.85. The molecule has 0 saturated heterocycles. The first kappa shape index (κ1) is 25.5. The number of para-hydroxylation sites is 2. The maximum absolute atomic E-state index is 5.36. The largest absolute Gasteiger partial charge is 0.277 e. The van der Waals surface area contributed by atoms with Gasteiger partial charge in [-0.3, -0.25) is 4.57 Å². The van der Waals surface area contributed by atoms with Crippen molar-refractivity contribution >= 4 is 75.0 Å². The molecule has 0 unspecified atom stereocenters. The molecular formula is C42H25N3S. The monoisotopic (exact) mass is 603 g/mol. The molecule has 3 aromatic heterocycles. The predicted molar refractivity (Wildman–Crippen MR) is 195 cm³/mol. The van der Waals surface area contributed by atoms with Gasteiger partial charge in [-0.25, -0.2) is 9.97 Å². The minimum Gasteiger partial charge on any atom is -0.277 e. The number of aromatic nitrogens is 3. The van der Waals surface area contributed by atoms with Crippen molar-refractivity contribution in [1.29, 1.82) is 0 Å². The Bertz CT molecular complexity index is 2810. The average molecular weight is 604 g/mol. The molecular weight excluding hydrogens is 579 g/mol. The molecule has 3 nitrogen and oxygen atoms in total. The van der Waals surface area contributed by atoms with Crippen LogP contribution < -0.4 is 0 Å². The van der Waals surface area contributed by atoms with E-state index in [1.165, 1.54) is 47.3 Å².